The second kappa shape index (κ2) is 8.88. The van der Waals surface area contributed by atoms with E-state index in [4.69, 9.17) is 4.74 Å². The molecule has 0 aromatic heterocycles. The lowest BCUT2D eigenvalue weighted by molar-refractivity contribution is -0.150. The molecule has 2 aliphatic rings. The second-order valence-electron chi connectivity index (χ2n) is 8.09. The van der Waals surface area contributed by atoms with Crippen LogP contribution in [-0.2, 0) is 19.4 Å². The molecule has 2 aliphatic heterocycles. The number of amides is 1. The highest BCUT2D eigenvalue weighted by Crippen LogP contribution is 2.30. The van der Waals surface area contributed by atoms with Gasteiger partial charge in [0.25, 0.3) is 0 Å². The average Bonchev–Trinajstić information content (AvgIpc) is 2.76. The molecular weight excluding hydrogens is 400 g/mol. The molecule has 0 spiro atoms. The van der Waals surface area contributed by atoms with E-state index in [0.717, 1.165) is 11.1 Å². The van der Waals surface area contributed by atoms with Crippen LogP contribution in [-0.4, -0.2) is 67.9 Å². The molecule has 3 atom stereocenters. The fourth-order valence-electron chi connectivity index (χ4n) is 4.29. The third-order valence-electron chi connectivity index (χ3n) is 5.84. The van der Waals surface area contributed by atoms with Crippen molar-refractivity contribution in [2.45, 2.75) is 25.2 Å². The minimum Gasteiger partial charge on any atom is -0.367 e. The summed E-state index contributed by atoms with van der Waals surface area (Å²) < 4.78 is 30.0. The van der Waals surface area contributed by atoms with Crippen molar-refractivity contribution in [2.24, 2.45) is 0 Å². The Kier molecular flexibility index (Phi) is 6.22. The van der Waals surface area contributed by atoms with Crippen molar-refractivity contribution in [2.75, 3.05) is 37.7 Å². The summed E-state index contributed by atoms with van der Waals surface area (Å²) in [7, 11) is -3.02. The van der Waals surface area contributed by atoms with Crippen LogP contribution in [0.2, 0.25) is 0 Å². The van der Waals surface area contributed by atoms with Gasteiger partial charge in [0.05, 0.1) is 24.2 Å². The molecule has 0 saturated carbocycles. The number of sulfone groups is 1. The number of hydrogen-bond donors (Lipinski definition) is 0. The maximum absolute atomic E-state index is 13.8. The van der Waals surface area contributed by atoms with Crippen LogP contribution in [0.4, 0.5) is 0 Å². The van der Waals surface area contributed by atoms with Crippen LogP contribution in [0.15, 0.2) is 60.7 Å². The van der Waals surface area contributed by atoms with Crippen molar-refractivity contribution < 1.29 is 17.9 Å². The standard InChI is InChI=1S/C23H28N2O4S/c1-18-16-25(17-21(29-18)19-8-4-2-5-9-19)23(26)22(20-10-6-3-7-11-20)24-12-14-30(27,28)15-13-24/h2-11,18,21-22H,12-17H2,1H3. The van der Waals surface area contributed by atoms with Crippen LogP contribution in [0, 0.1) is 0 Å². The zero-order chi connectivity index (χ0) is 21.1. The first-order valence-electron chi connectivity index (χ1n) is 10.4. The van der Waals surface area contributed by atoms with Gasteiger partial charge < -0.3 is 9.64 Å². The highest BCUT2D eigenvalue weighted by Gasteiger charge is 2.38. The van der Waals surface area contributed by atoms with E-state index in [9.17, 15) is 13.2 Å². The molecule has 2 fully saturated rings. The van der Waals surface area contributed by atoms with E-state index in [1.54, 1.807) is 0 Å². The van der Waals surface area contributed by atoms with Gasteiger partial charge in [-0.05, 0) is 18.1 Å². The maximum atomic E-state index is 13.8. The molecule has 2 saturated heterocycles. The minimum atomic E-state index is -3.02. The zero-order valence-corrected chi connectivity index (χ0v) is 18.0. The van der Waals surface area contributed by atoms with Crippen LogP contribution < -0.4 is 0 Å². The first-order chi connectivity index (χ1) is 14.4. The van der Waals surface area contributed by atoms with Crippen molar-refractivity contribution in [3.05, 3.63) is 71.8 Å². The topological polar surface area (TPSA) is 66.9 Å². The van der Waals surface area contributed by atoms with E-state index in [1.807, 2.05) is 77.4 Å². The number of carbonyl (C=O) groups is 1. The summed E-state index contributed by atoms with van der Waals surface area (Å²) in [6.45, 7) is 3.74. The van der Waals surface area contributed by atoms with Gasteiger partial charge in [-0.2, -0.15) is 0 Å². The van der Waals surface area contributed by atoms with Gasteiger partial charge in [0.1, 0.15) is 12.1 Å². The number of nitrogens with zero attached hydrogens (tertiary/aromatic N) is 2. The molecule has 4 rings (SSSR count). The van der Waals surface area contributed by atoms with E-state index in [0.29, 0.717) is 26.2 Å². The normalized spacial score (nSPS) is 25.6. The van der Waals surface area contributed by atoms with Crippen LogP contribution in [0.25, 0.3) is 0 Å². The molecule has 0 N–H and O–H groups in total. The third kappa shape index (κ3) is 4.74. The molecule has 0 bridgehead atoms. The van der Waals surface area contributed by atoms with E-state index in [-0.39, 0.29) is 29.6 Å². The zero-order valence-electron chi connectivity index (χ0n) is 17.2. The summed E-state index contributed by atoms with van der Waals surface area (Å²) in [6.07, 6.45) is -0.247. The molecule has 2 aromatic carbocycles. The Morgan fingerprint density at radius 2 is 1.57 bits per heavy atom. The lowest BCUT2D eigenvalue weighted by Gasteiger charge is -2.41. The first kappa shape index (κ1) is 21.0. The van der Waals surface area contributed by atoms with E-state index in [1.165, 1.54) is 0 Å². The molecule has 2 heterocycles. The average molecular weight is 429 g/mol. The van der Waals surface area contributed by atoms with Crippen molar-refractivity contribution in [3.8, 4) is 0 Å². The molecule has 7 heteroatoms. The Morgan fingerprint density at radius 1 is 0.967 bits per heavy atom. The minimum absolute atomic E-state index is 0.0107. The van der Waals surface area contributed by atoms with Crippen molar-refractivity contribution in [1.29, 1.82) is 0 Å². The number of carbonyl (C=O) groups excluding carboxylic acids is 1. The van der Waals surface area contributed by atoms with Gasteiger partial charge in [-0.3, -0.25) is 9.69 Å². The third-order valence-corrected chi connectivity index (χ3v) is 7.45. The fraction of sp³-hybridized carbons (Fsp3) is 0.435. The summed E-state index contributed by atoms with van der Waals surface area (Å²) in [6, 6.07) is 19.2. The summed E-state index contributed by atoms with van der Waals surface area (Å²) >= 11 is 0. The van der Waals surface area contributed by atoms with Gasteiger partial charge in [0.2, 0.25) is 5.91 Å². The van der Waals surface area contributed by atoms with Crippen molar-refractivity contribution in [3.63, 3.8) is 0 Å². The van der Waals surface area contributed by atoms with Crippen LogP contribution in [0.1, 0.15) is 30.2 Å². The van der Waals surface area contributed by atoms with Crippen molar-refractivity contribution in [1.82, 2.24) is 9.80 Å². The van der Waals surface area contributed by atoms with E-state index < -0.39 is 15.9 Å². The lowest BCUT2D eigenvalue weighted by atomic mass is 10.0. The first-order valence-corrected chi connectivity index (χ1v) is 12.2. The van der Waals surface area contributed by atoms with Gasteiger partial charge >= 0.3 is 0 Å². The number of benzene rings is 2. The van der Waals surface area contributed by atoms with Gasteiger partial charge in [0.15, 0.2) is 9.84 Å². The SMILES string of the molecule is CC1CN(C(=O)C(c2ccccc2)N2CCS(=O)(=O)CC2)CC(c2ccccc2)O1. The van der Waals surface area contributed by atoms with Gasteiger partial charge in [-0.25, -0.2) is 8.42 Å². The molecule has 1 amide bonds. The van der Waals surface area contributed by atoms with Gasteiger partial charge in [-0.1, -0.05) is 60.7 Å². The Hall–Kier alpha value is -2.22. The highest BCUT2D eigenvalue weighted by molar-refractivity contribution is 7.91. The summed E-state index contributed by atoms with van der Waals surface area (Å²) in [4.78, 5) is 17.7. The second-order valence-corrected chi connectivity index (χ2v) is 10.4. The smallest absolute Gasteiger partial charge is 0.244 e. The van der Waals surface area contributed by atoms with E-state index >= 15 is 0 Å². The molecule has 0 radical (unpaired) electrons. The molecule has 30 heavy (non-hydrogen) atoms. The lowest BCUT2D eigenvalue weighted by Crippen LogP contribution is -2.52. The van der Waals surface area contributed by atoms with Gasteiger partial charge in [0, 0.05) is 19.6 Å². The molecule has 160 valence electrons. The quantitative estimate of drug-likeness (QED) is 0.748. The summed E-state index contributed by atoms with van der Waals surface area (Å²) in [5.74, 6) is 0.197. The Balaban J connectivity index is 1.59. The summed E-state index contributed by atoms with van der Waals surface area (Å²) in [5, 5.41) is 0. The predicted molar refractivity (Wildman–Crippen MR) is 116 cm³/mol. The van der Waals surface area contributed by atoms with E-state index in [2.05, 4.69) is 0 Å². The van der Waals surface area contributed by atoms with Gasteiger partial charge in [-0.15, -0.1) is 0 Å². The number of ether oxygens (including phenoxy) is 1. The Bertz CT molecular complexity index is 951. The molecule has 6 nitrogen and oxygen atoms in total. The molecule has 2 aromatic rings. The molecule has 3 unspecified atom stereocenters. The van der Waals surface area contributed by atoms with Crippen LogP contribution in [0.5, 0.6) is 0 Å². The number of hydrogen-bond acceptors (Lipinski definition) is 5. The Labute approximate surface area is 178 Å². The number of rotatable bonds is 4. The van der Waals surface area contributed by atoms with Crippen LogP contribution >= 0.6 is 0 Å². The molecule has 0 aliphatic carbocycles. The fourth-order valence-corrected chi connectivity index (χ4v) is 5.52. The maximum Gasteiger partial charge on any atom is 0.244 e. The molecular formula is C23H28N2O4S. The predicted octanol–water partition coefficient (Wildman–Crippen LogP) is 2.45. The monoisotopic (exact) mass is 428 g/mol. The highest BCUT2D eigenvalue weighted by atomic mass is 32.2. The number of morpholine rings is 1. The van der Waals surface area contributed by atoms with Crippen LogP contribution in [0.3, 0.4) is 0 Å². The van der Waals surface area contributed by atoms with Crippen molar-refractivity contribution >= 4 is 15.7 Å². The largest absolute Gasteiger partial charge is 0.367 e. The summed E-state index contributed by atoms with van der Waals surface area (Å²) in [5.41, 5.74) is 1.96. The Morgan fingerprint density at radius 3 is 2.20 bits per heavy atom.